The van der Waals surface area contributed by atoms with E-state index < -0.39 is 11.4 Å². The Morgan fingerprint density at radius 3 is 1.71 bits per heavy atom. The molecule has 2 heteroatoms. The Morgan fingerprint density at radius 1 is 0.952 bits per heavy atom. The second-order valence-electron chi connectivity index (χ2n) is 5.43. The van der Waals surface area contributed by atoms with E-state index in [0.29, 0.717) is 6.42 Å². The molecule has 0 unspecified atom stereocenters. The third-order valence-electron chi connectivity index (χ3n) is 3.71. The van der Waals surface area contributed by atoms with Gasteiger partial charge < -0.3 is 5.11 Å². The molecule has 2 aromatic rings. The molecule has 108 valence electrons. The third-order valence-corrected chi connectivity index (χ3v) is 3.71. The van der Waals surface area contributed by atoms with Gasteiger partial charge >= 0.3 is 5.97 Å². The molecule has 2 aromatic carbocycles. The van der Waals surface area contributed by atoms with Gasteiger partial charge in [-0.25, -0.2) is 0 Å². The number of hydrogen-bond acceptors (Lipinski definition) is 1. The topological polar surface area (TPSA) is 37.3 Å². The summed E-state index contributed by atoms with van der Waals surface area (Å²) in [6.07, 6.45) is 2.44. The molecule has 0 saturated heterocycles. The van der Waals surface area contributed by atoms with E-state index in [1.54, 1.807) is 0 Å². The number of hydrogen-bond donors (Lipinski definition) is 1. The van der Waals surface area contributed by atoms with Gasteiger partial charge in [-0.2, -0.15) is 0 Å². The van der Waals surface area contributed by atoms with Crippen molar-refractivity contribution in [2.75, 3.05) is 0 Å². The molecule has 0 amide bonds. The van der Waals surface area contributed by atoms with Crippen LogP contribution < -0.4 is 0 Å². The summed E-state index contributed by atoms with van der Waals surface area (Å²) in [5.41, 5.74) is 1.69. The van der Waals surface area contributed by atoms with Crippen molar-refractivity contribution in [2.24, 2.45) is 0 Å². The van der Waals surface area contributed by atoms with Gasteiger partial charge in [0.05, 0.1) is 0 Å². The Morgan fingerprint density at radius 2 is 1.38 bits per heavy atom. The van der Waals surface area contributed by atoms with Crippen LogP contribution in [0.1, 0.15) is 31.4 Å². The average molecular weight is 280 g/mol. The molecule has 0 spiro atoms. The molecule has 21 heavy (non-hydrogen) atoms. The molecule has 0 bridgehead atoms. The van der Waals surface area contributed by atoms with Crippen LogP contribution in [0.2, 0.25) is 0 Å². The molecule has 2 rings (SSSR count). The fourth-order valence-corrected chi connectivity index (χ4v) is 2.54. The largest absolute Gasteiger partial charge is 0.480 e. The second kappa shape index (κ2) is 6.40. The Bertz CT molecular complexity index is 584. The minimum Gasteiger partial charge on any atom is -0.480 e. The molecule has 0 radical (unpaired) electrons. The SMILES string of the molecule is CC(C)=CCC(C(=O)O)(c1ccccc1)c1ccccc1. The average Bonchev–Trinajstić information content (AvgIpc) is 2.49. The van der Waals surface area contributed by atoms with E-state index in [4.69, 9.17) is 0 Å². The fraction of sp³-hybridized carbons (Fsp3) is 0.211. The molecule has 0 aromatic heterocycles. The van der Waals surface area contributed by atoms with Crippen molar-refractivity contribution < 1.29 is 9.90 Å². The quantitative estimate of drug-likeness (QED) is 0.823. The molecule has 2 nitrogen and oxygen atoms in total. The lowest BCUT2D eigenvalue weighted by Crippen LogP contribution is -2.36. The molecule has 0 aliphatic heterocycles. The maximum atomic E-state index is 12.2. The minimum absolute atomic E-state index is 0.443. The Labute approximate surface area is 125 Å². The monoisotopic (exact) mass is 280 g/mol. The van der Waals surface area contributed by atoms with Crippen molar-refractivity contribution in [3.8, 4) is 0 Å². The molecule has 0 fully saturated rings. The Balaban J connectivity index is 2.66. The smallest absolute Gasteiger partial charge is 0.318 e. The van der Waals surface area contributed by atoms with Crippen molar-refractivity contribution in [3.05, 3.63) is 83.4 Å². The van der Waals surface area contributed by atoms with Crippen LogP contribution in [0.3, 0.4) is 0 Å². The molecule has 1 N–H and O–H groups in total. The lowest BCUT2D eigenvalue weighted by Gasteiger charge is -2.30. The predicted octanol–water partition coefficient (Wildman–Crippen LogP) is 4.41. The molecule has 0 aliphatic carbocycles. The first-order valence-corrected chi connectivity index (χ1v) is 7.05. The van der Waals surface area contributed by atoms with Crippen molar-refractivity contribution >= 4 is 5.97 Å². The van der Waals surface area contributed by atoms with Gasteiger partial charge in [0.15, 0.2) is 0 Å². The number of carboxylic acid groups (broad SMARTS) is 1. The van der Waals surface area contributed by atoms with Gasteiger partial charge in [0, 0.05) is 0 Å². The van der Waals surface area contributed by atoms with E-state index in [1.807, 2.05) is 80.6 Å². The zero-order valence-corrected chi connectivity index (χ0v) is 12.4. The van der Waals surface area contributed by atoms with Crippen LogP contribution in [0.25, 0.3) is 0 Å². The predicted molar refractivity (Wildman–Crippen MR) is 85.3 cm³/mol. The third kappa shape index (κ3) is 3.05. The first-order valence-electron chi connectivity index (χ1n) is 7.05. The lowest BCUT2D eigenvalue weighted by atomic mass is 9.72. The van der Waals surface area contributed by atoms with E-state index in [0.717, 1.165) is 16.7 Å². The Kier molecular flexibility index (Phi) is 4.59. The highest BCUT2D eigenvalue weighted by Gasteiger charge is 2.41. The number of aliphatic carboxylic acids is 1. The van der Waals surface area contributed by atoms with Gasteiger partial charge in [-0.05, 0) is 31.4 Å². The van der Waals surface area contributed by atoms with Gasteiger partial charge in [0.25, 0.3) is 0 Å². The van der Waals surface area contributed by atoms with Crippen LogP contribution in [0.15, 0.2) is 72.3 Å². The summed E-state index contributed by atoms with van der Waals surface area (Å²) < 4.78 is 0. The molecule has 0 aliphatic rings. The maximum Gasteiger partial charge on any atom is 0.318 e. The van der Waals surface area contributed by atoms with Crippen molar-refractivity contribution in [2.45, 2.75) is 25.7 Å². The van der Waals surface area contributed by atoms with Gasteiger partial charge in [-0.3, -0.25) is 4.79 Å². The normalized spacial score (nSPS) is 11.0. The van der Waals surface area contributed by atoms with Crippen molar-refractivity contribution in [1.82, 2.24) is 0 Å². The van der Waals surface area contributed by atoms with Crippen LogP contribution in [-0.4, -0.2) is 11.1 Å². The molecule has 0 atom stereocenters. The summed E-state index contributed by atoms with van der Waals surface area (Å²) in [6, 6.07) is 18.9. The summed E-state index contributed by atoms with van der Waals surface area (Å²) in [5.74, 6) is -0.822. The van der Waals surface area contributed by atoms with E-state index in [1.165, 1.54) is 0 Å². The van der Waals surface area contributed by atoms with Gasteiger partial charge in [0.1, 0.15) is 5.41 Å². The van der Waals surface area contributed by atoms with Crippen LogP contribution in [0, 0.1) is 0 Å². The summed E-state index contributed by atoms with van der Waals surface area (Å²) in [6.45, 7) is 3.98. The maximum absolute atomic E-state index is 12.2. The molecular formula is C19H20O2. The lowest BCUT2D eigenvalue weighted by molar-refractivity contribution is -0.142. The summed E-state index contributed by atoms with van der Waals surface area (Å²) in [4.78, 5) is 12.2. The van der Waals surface area contributed by atoms with E-state index in [-0.39, 0.29) is 0 Å². The summed E-state index contributed by atoms with van der Waals surface area (Å²) >= 11 is 0. The number of allylic oxidation sites excluding steroid dienone is 2. The number of rotatable bonds is 5. The first kappa shape index (κ1) is 15.0. The zero-order chi connectivity index (χ0) is 15.3. The van der Waals surface area contributed by atoms with Gasteiger partial charge in [0.2, 0.25) is 0 Å². The van der Waals surface area contributed by atoms with Crippen LogP contribution in [0.4, 0.5) is 0 Å². The second-order valence-corrected chi connectivity index (χ2v) is 5.43. The first-order chi connectivity index (χ1) is 10.1. The molecule has 0 saturated carbocycles. The van der Waals surface area contributed by atoms with Crippen LogP contribution in [0.5, 0.6) is 0 Å². The molecule has 0 heterocycles. The number of carbonyl (C=O) groups is 1. The van der Waals surface area contributed by atoms with Crippen molar-refractivity contribution in [1.29, 1.82) is 0 Å². The Hall–Kier alpha value is -2.35. The number of carboxylic acids is 1. The van der Waals surface area contributed by atoms with Crippen molar-refractivity contribution in [3.63, 3.8) is 0 Å². The van der Waals surface area contributed by atoms with Crippen LogP contribution in [-0.2, 0) is 10.2 Å². The van der Waals surface area contributed by atoms with E-state index in [9.17, 15) is 9.90 Å². The zero-order valence-electron chi connectivity index (χ0n) is 12.4. The minimum atomic E-state index is -1.04. The highest BCUT2D eigenvalue weighted by molar-refractivity contribution is 5.86. The fourth-order valence-electron chi connectivity index (χ4n) is 2.54. The highest BCUT2D eigenvalue weighted by atomic mass is 16.4. The van der Waals surface area contributed by atoms with Crippen LogP contribution >= 0.6 is 0 Å². The summed E-state index contributed by atoms with van der Waals surface area (Å²) in [7, 11) is 0. The summed E-state index contributed by atoms with van der Waals surface area (Å²) in [5, 5.41) is 10.0. The van der Waals surface area contributed by atoms with E-state index >= 15 is 0 Å². The number of benzene rings is 2. The molecular weight excluding hydrogens is 260 g/mol. The highest BCUT2D eigenvalue weighted by Crippen LogP contribution is 2.36. The standard InChI is InChI=1S/C19H20O2/c1-15(2)13-14-19(18(20)21,16-9-5-3-6-10-16)17-11-7-4-8-12-17/h3-13H,14H2,1-2H3,(H,20,21). The van der Waals surface area contributed by atoms with Gasteiger partial charge in [-0.15, -0.1) is 0 Å². The van der Waals surface area contributed by atoms with Gasteiger partial charge in [-0.1, -0.05) is 72.3 Å². The van der Waals surface area contributed by atoms with E-state index in [2.05, 4.69) is 0 Å².